The van der Waals surface area contributed by atoms with Gasteiger partial charge in [-0.05, 0) is 67.0 Å². The molecule has 0 unspecified atom stereocenters. The highest BCUT2D eigenvalue weighted by Crippen LogP contribution is 2.21. The Hall–Kier alpha value is -1.87. The van der Waals surface area contributed by atoms with Crippen LogP contribution in [-0.4, -0.2) is 0 Å². The second-order valence-corrected chi connectivity index (χ2v) is 6.65. The molecule has 0 fully saturated rings. The van der Waals surface area contributed by atoms with Gasteiger partial charge in [0, 0.05) is 16.8 Å². The minimum absolute atomic E-state index is 0.495. The molecule has 0 spiro atoms. The Balaban J connectivity index is 2.06. The summed E-state index contributed by atoms with van der Waals surface area (Å²) in [6.45, 7) is 2.10. The summed E-state index contributed by atoms with van der Waals surface area (Å²) in [7, 11) is 0. The van der Waals surface area contributed by atoms with E-state index < -0.39 is 11.6 Å². The van der Waals surface area contributed by atoms with Crippen molar-refractivity contribution in [1.82, 2.24) is 0 Å². The topological polar surface area (TPSA) is 26.0 Å². The first-order valence-corrected chi connectivity index (χ1v) is 9.03. The number of hydrogen-bond donors (Lipinski definition) is 1. The van der Waals surface area contributed by atoms with E-state index >= 15 is 0 Å². The fourth-order valence-electron chi connectivity index (χ4n) is 2.87. The highest BCUT2D eigenvalue weighted by Gasteiger charge is 2.08. The summed E-state index contributed by atoms with van der Waals surface area (Å²) in [4.78, 5) is 0. The van der Waals surface area contributed by atoms with Crippen LogP contribution in [-0.2, 0) is 19.3 Å². The van der Waals surface area contributed by atoms with Gasteiger partial charge in [-0.2, -0.15) is 0 Å². The van der Waals surface area contributed by atoms with Crippen molar-refractivity contribution in [2.45, 2.75) is 45.4 Å². The molecule has 0 aromatic heterocycles. The van der Waals surface area contributed by atoms with Crippen LogP contribution in [0.15, 0.2) is 48.2 Å². The Bertz CT molecular complexity index is 741. The van der Waals surface area contributed by atoms with Crippen molar-refractivity contribution in [3.63, 3.8) is 0 Å². The van der Waals surface area contributed by atoms with Crippen molar-refractivity contribution in [1.29, 1.82) is 0 Å². The quantitative estimate of drug-likeness (QED) is 0.613. The maximum Gasteiger partial charge on any atom is 0.129 e. The zero-order valence-electron chi connectivity index (χ0n) is 14.5. The van der Waals surface area contributed by atoms with Gasteiger partial charge in [0.15, 0.2) is 0 Å². The predicted molar refractivity (Wildman–Crippen MR) is 101 cm³/mol. The van der Waals surface area contributed by atoms with E-state index in [-0.39, 0.29) is 0 Å². The molecule has 0 saturated heterocycles. The molecule has 1 nitrogen and oxygen atoms in total. The SMILES string of the molecule is CCC/C(N)=C/CCc1cc(Cl)ccc1CCc1ccc(F)cc1F. The van der Waals surface area contributed by atoms with Crippen molar-refractivity contribution < 1.29 is 8.78 Å². The molecule has 0 atom stereocenters. The molecule has 4 heteroatoms. The van der Waals surface area contributed by atoms with Gasteiger partial charge in [-0.1, -0.05) is 43.2 Å². The van der Waals surface area contributed by atoms with E-state index in [1.165, 1.54) is 12.1 Å². The lowest BCUT2D eigenvalue weighted by molar-refractivity contribution is 0.571. The lowest BCUT2D eigenvalue weighted by atomic mass is 9.96. The van der Waals surface area contributed by atoms with Crippen LogP contribution >= 0.6 is 11.6 Å². The van der Waals surface area contributed by atoms with Gasteiger partial charge in [0.1, 0.15) is 11.6 Å². The number of aryl methyl sites for hydroxylation is 3. The summed E-state index contributed by atoms with van der Waals surface area (Å²) in [6.07, 6.45) is 6.90. The predicted octanol–water partition coefficient (Wildman–Crippen LogP) is 5.98. The van der Waals surface area contributed by atoms with Gasteiger partial charge in [-0.3, -0.25) is 0 Å². The molecule has 2 rings (SSSR count). The van der Waals surface area contributed by atoms with Crippen molar-refractivity contribution in [2.75, 3.05) is 0 Å². The molecule has 0 radical (unpaired) electrons. The second kappa shape index (κ2) is 9.57. The van der Waals surface area contributed by atoms with Crippen LogP contribution in [0.25, 0.3) is 0 Å². The molecule has 0 heterocycles. The highest BCUT2D eigenvalue weighted by molar-refractivity contribution is 6.30. The molecular weight excluding hydrogens is 340 g/mol. The standard InChI is InChI=1S/C21H24ClF2N/c1-2-4-20(25)6-3-5-17-13-18(22)11-9-15(17)7-8-16-10-12-19(23)14-21(16)24/h6,9-14H,2-5,7-8,25H2,1H3/b20-6-. The number of rotatable bonds is 8. The molecule has 0 aliphatic heterocycles. The summed E-state index contributed by atoms with van der Waals surface area (Å²) < 4.78 is 26.8. The van der Waals surface area contributed by atoms with Crippen LogP contribution in [0.4, 0.5) is 8.78 Å². The lowest BCUT2D eigenvalue weighted by Crippen LogP contribution is -2.01. The number of halogens is 3. The third-order valence-corrected chi connectivity index (χ3v) is 4.44. The number of nitrogens with two attached hydrogens (primary N) is 1. The molecule has 0 amide bonds. The van der Waals surface area contributed by atoms with Crippen molar-refractivity contribution in [3.05, 3.63) is 81.5 Å². The average Bonchev–Trinajstić information content (AvgIpc) is 2.56. The number of benzene rings is 2. The average molecular weight is 364 g/mol. The molecule has 0 saturated carbocycles. The molecule has 25 heavy (non-hydrogen) atoms. The first-order valence-electron chi connectivity index (χ1n) is 8.65. The molecular formula is C21H24ClF2N. The minimum Gasteiger partial charge on any atom is -0.402 e. The monoisotopic (exact) mass is 363 g/mol. The highest BCUT2D eigenvalue weighted by atomic mass is 35.5. The third kappa shape index (κ3) is 6.17. The van der Waals surface area contributed by atoms with Gasteiger partial charge >= 0.3 is 0 Å². The van der Waals surface area contributed by atoms with Gasteiger partial charge in [-0.15, -0.1) is 0 Å². The molecule has 0 aliphatic carbocycles. The number of allylic oxidation sites excluding steroid dienone is 2. The fourth-order valence-corrected chi connectivity index (χ4v) is 3.06. The summed E-state index contributed by atoms with van der Waals surface area (Å²) >= 11 is 6.13. The van der Waals surface area contributed by atoms with Crippen LogP contribution in [0.2, 0.25) is 5.02 Å². The van der Waals surface area contributed by atoms with Gasteiger partial charge in [-0.25, -0.2) is 8.78 Å². The molecule has 2 aromatic rings. The molecule has 0 aliphatic rings. The van der Waals surface area contributed by atoms with E-state index in [1.807, 2.05) is 18.2 Å². The van der Waals surface area contributed by atoms with E-state index in [9.17, 15) is 8.78 Å². The Morgan fingerprint density at radius 2 is 1.72 bits per heavy atom. The number of hydrogen-bond acceptors (Lipinski definition) is 1. The maximum absolute atomic E-state index is 13.8. The van der Waals surface area contributed by atoms with Gasteiger partial charge < -0.3 is 5.73 Å². The van der Waals surface area contributed by atoms with Crippen LogP contribution in [0.3, 0.4) is 0 Å². The van der Waals surface area contributed by atoms with Crippen LogP contribution in [0.1, 0.15) is 42.9 Å². The Labute approximate surface area is 153 Å². The zero-order valence-corrected chi connectivity index (χ0v) is 15.3. The summed E-state index contributed by atoms with van der Waals surface area (Å²) in [5.41, 5.74) is 9.66. The van der Waals surface area contributed by atoms with E-state index in [4.69, 9.17) is 17.3 Å². The van der Waals surface area contributed by atoms with Gasteiger partial charge in [0.2, 0.25) is 0 Å². The largest absolute Gasteiger partial charge is 0.402 e. The molecule has 2 N–H and O–H groups in total. The zero-order chi connectivity index (χ0) is 18.2. The van der Waals surface area contributed by atoms with E-state index in [0.29, 0.717) is 23.4 Å². The van der Waals surface area contributed by atoms with E-state index in [2.05, 4.69) is 13.0 Å². The molecule has 134 valence electrons. The van der Waals surface area contributed by atoms with Crippen LogP contribution in [0, 0.1) is 11.6 Å². The van der Waals surface area contributed by atoms with E-state index in [0.717, 1.165) is 48.6 Å². The first-order chi connectivity index (χ1) is 12.0. The summed E-state index contributed by atoms with van der Waals surface area (Å²) in [5, 5.41) is 0.692. The maximum atomic E-state index is 13.8. The van der Waals surface area contributed by atoms with Crippen LogP contribution in [0.5, 0.6) is 0 Å². The molecule has 0 bridgehead atoms. The van der Waals surface area contributed by atoms with Crippen LogP contribution < -0.4 is 5.73 Å². The Morgan fingerprint density at radius 3 is 2.44 bits per heavy atom. The first kappa shape index (κ1) is 19.5. The Morgan fingerprint density at radius 1 is 1.00 bits per heavy atom. The third-order valence-electron chi connectivity index (χ3n) is 4.21. The van der Waals surface area contributed by atoms with Crippen molar-refractivity contribution in [3.8, 4) is 0 Å². The fraction of sp³-hybridized carbons (Fsp3) is 0.333. The van der Waals surface area contributed by atoms with E-state index in [1.54, 1.807) is 0 Å². The Kier molecular flexibility index (Phi) is 7.45. The smallest absolute Gasteiger partial charge is 0.129 e. The molecule has 2 aromatic carbocycles. The lowest BCUT2D eigenvalue weighted by Gasteiger charge is -2.10. The minimum atomic E-state index is -0.551. The summed E-state index contributed by atoms with van der Waals surface area (Å²) in [5.74, 6) is -1.05. The normalized spacial score (nSPS) is 11.8. The summed E-state index contributed by atoms with van der Waals surface area (Å²) in [6, 6.07) is 9.53. The van der Waals surface area contributed by atoms with Gasteiger partial charge in [0.25, 0.3) is 0 Å². The van der Waals surface area contributed by atoms with Gasteiger partial charge in [0.05, 0.1) is 0 Å². The second-order valence-electron chi connectivity index (χ2n) is 6.22. The van der Waals surface area contributed by atoms with Crippen molar-refractivity contribution >= 4 is 11.6 Å². The van der Waals surface area contributed by atoms with Crippen molar-refractivity contribution in [2.24, 2.45) is 5.73 Å².